The maximum Gasteiger partial charge on any atom is 0.253 e. The Hall–Kier alpha value is -3.61. The smallest absolute Gasteiger partial charge is 0.253 e. The fourth-order valence-electron chi connectivity index (χ4n) is 3.61. The molecule has 0 aliphatic rings. The molecule has 0 bridgehead atoms. The molecule has 3 aromatic heterocycles. The van der Waals surface area contributed by atoms with Crippen LogP contribution in [0.4, 0.5) is 0 Å². The van der Waals surface area contributed by atoms with Crippen LogP contribution >= 0.6 is 0 Å². The highest BCUT2D eigenvalue weighted by Gasteiger charge is 2.24. The molecule has 0 radical (unpaired) electrons. The zero-order chi connectivity index (χ0) is 20.5. The second-order valence-corrected chi connectivity index (χ2v) is 7.04. The fraction of sp³-hybridized carbons (Fsp3) is 0.227. The van der Waals surface area contributed by atoms with Crippen LogP contribution in [0.1, 0.15) is 30.0 Å². The zero-order valence-electron chi connectivity index (χ0n) is 16.5. The summed E-state index contributed by atoms with van der Waals surface area (Å²) in [6, 6.07) is 14.0. The minimum atomic E-state index is -0.723. The lowest BCUT2D eigenvalue weighted by atomic mass is 10.1. The predicted octanol–water partition coefficient (Wildman–Crippen LogP) is 3.27. The molecule has 1 atom stereocenters. The van der Waals surface area contributed by atoms with Crippen LogP contribution in [-0.4, -0.2) is 20.3 Å². The van der Waals surface area contributed by atoms with Crippen molar-refractivity contribution in [1.82, 2.24) is 19.7 Å². The average Bonchev–Trinajstić information content (AvgIpc) is 3.34. The van der Waals surface area contributed by atoms with Crippen molar-refractivity contribution in [2.75, 3.05) is 0 Å². The van der Waals surface area contributed by atoms with E-state index in [0.717, 1.165) is 22.3 Å². The standard InChI is InChI=1S/C22H22N4O3/c1-14-12-19(27)25(16(3)21(28)23-13-18-10-7-11-29-18)22-20(14)15(2)24-26(22)17-8-5-4-6-9-17/h4-12,16H,13H2,1-3H3,(H,23,28). The summed E-state index contributed by atoms with van der Waals surface area (Å²) in [6.07, 6.45) is 1.56. The molecule has 148 valence electrons. The number of nitrogens with zero attached hydrogens (tertiary/aromatic N) is 3. The van der Waals surface area contributed by atoms with Gasteiger partial charge in [-0.3, -0.25) is 14.2 Å². The number of carbonyl (C=O) groups excluding carboxylic acids is 1. The summed E-state index contributed by atoms with van der Waals surface area (Å²) in [4.78, 5) is 25.8. The van der Waals surface area contributed by atoms with Crippen molar-refractivity contribution in [1.29, 1.82) is 0 Å². The quantitative estimate of drug-likeness (QED) is 0.567. The monoisotopic (exact) mass is 390 g/mol. The van der Waals surface area contributed by atoms with Gasteiger partial charge in [0, 0.05) is 11.5 Å². The van der Waals surface area contributed by atoms with E-state index < -0.39 is 6.04 Å². The van der Waals surface area contributed by atoms with Crippen molar-refractivity contribution in [3.63, 3.8) is 0 Å². The Labute approximate surface area is 167 Å². The molecule has 0 aliphatic carbocycles. The second-order valence-electron chi connectivity index (χ2n) is 7.04. The number of fused-ring (bicyclic) bond motifs is 1. The molecular formula is C22H22N4O3. The summed E-state index contributed by atoms with van der Waals surface area (Å²) in [5.74, 6) is 0.379. The van der Waals surface area contributed by atoms with Gasteiger partial charge in [0.2, 0.25) is 5.91 Å². The van der Waals surface area contributed by atoms with Crippen molar-refractivity contribution < 1.29 is 9.21 Å². The highest BCUT2D eigenvalue weighted by atomic mass is 16.3. The third kappa shape index (κ3) is 3.35. The van der Waals surface area contributed by atoms with Crippen LogP contribution < -0.4 is 10.9 Å². The lowest BCUT2D eigenvalue weighted by Gasteiger charge is -2.18. The number of rotatable bonds is 5. The van der Waals surface area contributed by atoms with Crippen LogP contribution in [0, 0.1) is 13.8 Å². The Morgan fingerprint density at radius 3 is 2.62 bits per heavy atom. The van der Waals surface area contributed by atoms with Crippen molar-refractivity contribution in [2.45, 2.75) is 33.4 Å². The number of hydrogen-bond acceptors (Lipinski definition) is 4. The van der Waals surface area contributed by atoms with Crippen LogP contribution in [0.5, 0.6) is 0 Å². The van der Waals surface area contributed by atoms with Gasteiger partial charge in [-0.2, -0.15) is 5.10 Å². The first-order valence-corrected chi connectivity index (χ1v) is 9.44. The molecule has 0 saturated carbocycles. The van der Waals surface area contributed by atoms with Gasteiger partial charge in [-0.05, 0) is 50.6 Å². The first kappa shape index (κ1) is 18.7. The van der Waals surface area contributed by atoms with Crippen molar-refractivity contribution in [3.05, 3.63) is 82.2 Å². The van der Waals surface area contributed by atoms with E-state index in [1.54, 1.807) is 36.1 Å². The molecule has 1 unspecified atom stereocenters. The third-order valence-electron chi connectivity index (χ3n) is 5.02. The molecule has 0 spiro atoms. The largest absolute Gasteiger partial charge is 0.467 e. The number of pyridine rings is 1. The Bertz CT molecular complexity index is 1220. The number of amides is 1. The average molecular weight is 390 g/mol. The summed E-state index contributed by atoms with van der Waals surface area (Å²) >= 11 is 0. The van der Waals surface area contributed by atoms with E-state index in [1.165, 1.54) is 4.57 Å². The molecule has 1 aromatic carbocycles. The minimum Gasteiger partial charge on any atom is -0.467 e. The number of nitrogens with one attached hydrogen (secondary N) is 1. The Morgan fingerprint density at radius 1 is 1.17 bits per heavy atom. The number of carbonyl (C=O) groups is 1. The van der Waals surface area contributed by atoms with E-state index in [2.05, 4.69) is 10.4 Å². The van der Waals surface area contributed by atoms with Crippen LogP contribution in [0.3, 0.4) is 0 Å². The van der Waals surface area contributed by atoms with Gasteiger partial charge in [-0.15, -0.1) is 0 Å². The summed E-state index contributed by atoms with van der Waals surface area (Å²) in [5, 5.41) is 8.37. The second kappa shape index (κ2) is 7.43. The van der Waals surface area contributed by atoms with E-state index in [1.807, 2.05) is 44.2 Å². The van der Waals surface area contributed by atoms with Gasteiger partial charge >= 0.3 is 0 Å². The molecule has 7 nitrogen and oxygen atoms in total. The molecule has 4 rings (SSSR count). The van der Waals surface area contributed by atoms with Crippen molar-refractivity contribution in [3.8, 4) is 5.69 Å². The molecule has 29 heavy (non-hydrogen) atoms. The molecule has 0 fully saturated rings. The number of benzene rings is 1. The van der Waals surface area contributed by atoms with E-state index >= 15 is 0 Å². The van der Waals surface area contributed by atoms with Gasteiger partial charge in [0.05, 0.1) is 24.2 Å². The topological polar surface area (TPSA) is 82.1 Å². The van der Waals surface area contributed by atoms with Crippen LogP contribution in [0.25, 0.3) is 16.7 Å². The maximum atomic E-state index is 12.9. The number of aryl methyl sites for hydroxylation is 2. The number of furan rings is 1. The molecule has 3 heterocycles. The molecule has 1 N–H and O–H groups in total. The molecule has 0 saturated heterocycles. The molecule has 0 aliphatic heterocycles. The van der Waals surface area contributed by atoms with Gasteiger partial charge in [0.15, 0.2) is 0 Å². The van der Waals surface area contributed by atoms with E-state index in [0.29, 0.717) is 11.4 Å². The van der Waals surface area contributed by atoms with Gasteiger partial charge in [-0.25, -0.2) is 4.68 Å². The molecular weight excluding hydrogens is 368 g/mol. The van der Waals surface area contributed by atoms with Gasteiger partial charge in [0.1, 0.15) is 17.4 Å². The maximum absolute atomic E-state index is 12.9. The van der Waals surface area contributed by atoms with Crippen LogP contribution in [0.2, 0.25) is 0 Å². The van der Waals surface area contributed by atoms with Crippen LogP contribution in [-0.2, 0) is 11.3 Å². The van der Waals surface area contributed by atoms with E-state index in [4.69, 9.17) is 4.42 Å². The number of aromatic nitrogens is 3. The minimum absolute atomic E-state index is 0.243. The number of hydrogen-bond donors (Lipinski definition) is 1. The van der Waals surface area contributed by atoms with Gasteiger partial charge in [0.25, 0.3) is 5.56 Å². The summed E-state index contributed by atoms with van der Waals surface area (Å²) in [6.45, 7) is 5.77. The zero-order valence-corrected chi connectivity index (χ0v) is 16.5. The summed E-state index contributed by atoms with van der Waals surface area (Å²) in [7, 11) is 0. The van der Waals surface area contributed by atoms with Crippen LogP contribution in [0.15, 0.2) is 64.0 Å². The van der Waals surface area contributed by atoms with E-state index in [-0.39, 0.29) is 18.0 Å². The normalized spacial score (nSPS) is 12.2. The number of para-hydroxylation sites is 1. The fourth-order valence-corrected chi connectivity index (χ4v) is 3.61. The van der Waals surface area contributed by atoms with E-state index in [9.17, 15) is 9.59 Å². The predicted molar refractivity (Wildman–Crippen MR) is 110 cm³/mol. The van der Waals surface area contributed by atoms with Crippen molar-refractivity contribution >= 4 is 16.9 Å². The highest BCUT2D eigenvalue weighted by Crippen LogP contribution is 2.25. The van der Waals surface area contributed by atoms with Crippen molar-refractivity contribution in [2.24, 2.45) is 0 Å². The highest BCUT2D eigenvalue weighted by molar-refractivity contribution is 5.87. The third-order valence-corrected chi connectivity index (χ3v) is 5.02. The summed E-state index contributed by atoms with van der Waals surface area (Å²) in [5.41, 5.74) is 2.84. The molecule has 7 heteroatoms. The lowest BCUT2D eigenvalue weighted by Crippen LogP contribution is -2.36. The Balaban J connectivity index is 1.83. The SMILES string of the molecule is Cc1cc(=O)n(C(C)C(=O)NCc2ccco2)c2c1c(C)nn2-c1ccccc1. The van der Waals surface area contributed by atoms with Gasteiger partial charge < -0.3 is 9.73 Å². The Kier molecular flexibility index (Phi) is 4.80. The first-order chi connectivity index (χ1) is 14.0. The van der Waals surface area contributed by atoms with Gasteiger partial charge in [-0.1, -0.05) is 18.2 Å². The molecule has 1 amide bonds. The lowest BCUT2D eigenvalue weighted by molar-refractivity contribution is -0.124. The Morgan fingerprint density at radius 2 is 1.93 bits per heavy atom. The summed E-state index contributed by atoms with van der Waals surface area (Å²) < 4.78 is 8.50. The first-order valence-electron chi connectivity index (χ1n) is 9.44. The molecule has 4 aromatic rings.